The van der Waals surface area contributed by atoms with Crippen molar-refractivity contribution in [2.24, 2.45) is 5.73 Å². The molecule has 21 heavy (non-hydrogen) atoms. The first-order chi connectivity index (χ1) is 10.1. The SMILES string of the molecule is Cc1ccc(Cl)cc1-c1nc(C(N)COC2CCC2)no1. The number of halogens is 1. The lowest BCUT2D eigenvalue weighted by Gasteiger charge is -2.26. The summed E-state index contributed by atoms with van der Waals surface area (Å²) < 4.78 is 11.0. The van der Waals surface area contributed by atoms with Crippen molar-refractivity contribution in [3.63, 3.8) is 0 Å². The first-order valence-electron chi connectivity index (χ1n) is 7.11. The molecule has 1 fully saturated rings. The summed E-state index contributed by atoms with van der Waals surface area (Å²) in [5.74, 6) is 0.896. The van der Waals surface area contributed by atoms with E-state index in [0.29, 0.717) is 29.4 Å². The molecule has 1 aliphatic carbocycles. The first kappa shape index (κ1) is 14.5. The number of aromatic nitrogens is 2. The van der Waals surface area contributed by atoms with Gasteiger partial charge < -0.3 is 15.0 Å². The molecule has 1 atom stereocenters. The van der Waals surface area contributed by atoms with Gasteiger partial charge in [-0.05, 0) is 43.9 Å². The molecule has 112 valence electrons. The van der Waals surface area contributed by atoms with E-state index in [2.05, 4.69) is 10.1 Å². The molecular weight excluding hydrogens is 290 g/mol. The smallest absolute Gasteiger partial charge is 0.258 e. The number of nitrogens with zero attached hydrogens (tertiary/aromatic N) is 2. The maximum atomic E-state index is 6.05. The summed E-state index contributed by atoms with van der Waals surface area (Å²) in [4.78, 5) is 4.36. The summed E-state index contributed by atoms with van der Waals surface area (Å²) in [6.45, 7) is 2.38. The topological polar surface area (TPSA) is 74.2 Å². The third kappa shape index (κ3) is 3.26. The normalized spacial score (nSPS) is 16.7. The molecule has 0 aliphatic heterocycles. The summed E-state index contributed by atoms with van der Waals surface area (Å²) in [6, 6.07) is 5.18. The molecule has 1 aliphatic rings. The van der Waals surface area contributed by atoms with Gasteiger partial charge in [0.05, 0.1) is 18.8 Å². The van der Waals surface area contributed by atoms with Crippen molar-refractivity contribution in [3.8, 4) is 11.5 Å². The van der Waals surface area contributed by atoms with E-state index in [9.17, 15) is 0 Å². The Morgan fingerprint density at radius 2 is 2.29 bits per heavy atom. The maximum absolute atomic E-state index is 6.05. The molecule has 3 rings (SSSR count). The molecule has 6 heteroatoms. The van der Waals surface area contributed by atoms with Crippen molar-refractivity contribution in [3.05, 3.63) is 34.6 Å². The zero-order valence-electron chi connectivity index (χ0n) is 11.9. The molecule has 0 bridgehead atoms. The highest BCUT2D eigenvalue weighted by molar-refractivity contribution is 6.30. The highest BCUT2D eigenvalue weighted by atomic mass is 35.5. The van der Waals surface area contributed by atoms with Crippen LogP contribution in [0.3, 0.4) is 0 Å². The molecule has 1 unspecified atom stereocenters. The second kappa shape index (κ2) is 6.13. The molecule has 5 nitrogen and oxygen atoms in total. The minimum absolute atomic E-state index is 0.345. The molecule has 1 saturated carbocycles. The Kier molecular flexibility index (Phi) is 4.24. The predicted molar refractivity (Wildman–Crippen MR) is 80.0 cm³/mol. The minimum atomic E-state index is -0.373. The number of aryl methyl sites for hydroxylation is 1. The summed E-state index contributed by atoms with van der Waals surface area (Å²) >= 11 is 6.01. The summed E-state index contributed by atoms with van der Waals surface area (Å²) in [5.41, 5.74) is 7.89. The van der Waals surface area contributed by atoms with Gasteiger partial charge in [-0.1, -0.05) is 22.8 Å². The van der Waals surface area contributed by atoms with Crippen LogP contribution in [0.2, 0.25) is 5.02 Å². The van der Waals surface area contributed by atoms with Crippen molar-refractivity contribution < 1.29 is 9.26 Å². The molecular formula is C15H18ClN3O2. The van der Waals surface area contributed by atoms with Crippen LogP contribution in [-0.2, 0) is 4.74 Å². The molecule has 0 radical (unpaired) electrons. The molecule has 0 amide bonds. The predicted octanol–water partition coefficient (Wildman–Crippen LogP) is 3.27. The van der Waals surface area contributed by atoms with Crippen LogP contribution in [0.15, 0.2) is 22.7 Å². The van der Waals surface area contributed by atoms with E-state index >= 15 is 0 Å². The first-order valence-corrected chi connectivity index (χ1v) is 7.48. The van der Waals surface area contributed by atoms with Crippen LogP contribution in [0.5, 0.6) is 0 Å². The summed E-state index contributed by atoms with van der Waals surface area (Å²) in [6.07, 6.45) is 3.82. The highest BCUT2D eigenvalue weighted by Gasteiger charge is 2.22. The second-order valence-corrected chi connectivity index (χ2v) is 5.85. The van der Waals surface area contributed by atoms with Crippen molar-refractivity contribution >= 4 is 11.6 Å². The van der Waals surface area contributed by atoms with Crippen molar-refractivity contribution in [1.82, 2.24) is 10.1 Å². The maximum Gasteiger partial charge on any atom is 0.258 e. The van der Waals surface area contributed by atoms with E-state index in [1.165, 1.54) is 6.42 Å². The van der Waals surface area contributed by atoms with Gasteiger partial charge in [0.15, 0.2) is 5.82 Å². The van der Waals surface area contributed by atoms with E-state index < -0.39 is 0 Å². The largest absolute Gasteiger partial charge is 0.376 e. The Morgan fingerprint density at radius 1 is 1.48 bits per heavy atom. The number of rotatable bonds is 5. The Morgan fingerprint density at radius 3 is 3.00 bits per heavy atom. The van der Waals surface area contributed by atoms with Gasteiger partial charge in [-0.3, -0.25) is 0 Å². The van der Waals surface area contributed by atoms with Crippen LogP contribution in [-0.4, -0.2) is 22.9 Å². The molecule has 2 aromatic rings. The lowest BCUT2D eigenvalue weighted by Crippen LogP contribution is -2.27. The van der Waals surface area contributed by atoms with E-state index in [0.717, 1.165) is 24.0 Å². The van der Waals surface area contributed by atoms with Crippen LogP contribution in [0.25, 0.3) is 11.5 Å². The zero-order valence-corrected chi connectivity index (χ0v) is 12.6. The van der Waals surface area contributed by atoms with Gasteiger partial charge in [0.25, 0.3) is 5.89 Å². The van der Waals surface area contributed by atoms with Crippen LogP contribution in [0.1, 0.15) is 36.7 Å². The van der Waals surface area contributed by atoms with E-state index in [1.807, 2.05) is 25.1 Å². The number of benzene rings is 1. The van der Waals surface area contributed by atoms with Gasteiger partial charge in [-0.2, -0.15) is 4.98 Å². The van der Waals surface area contributed by atoms with Gasteiger partial charge in [0, 0.05) is 10.6 Å². The van der Waals surface area contributed by atoms with Crippen LogP contribution in [0.4, 0.5) is 0 Å². The van der Waals surface area contributed by atoms with Gasteiger partial charge >= 0.3 is 0 Å². The quantitative estimate of drug-likeness (QED) is 0.917. The van der Waals surface area contributed by atoms with Gasteiger partial charge in [-0.25, -0.2) is 0 Å². The number of nitrogens with two attached hydrogens (primary N) is 1. The van der Waals surface area contributed by atoms with Gasteiger partial charge in [0.2, 0.25) is 0 Å². The number of hydrogen-bond acceptors (Lipinski definition) is 5. The monoisotopic (exact) mass is 307 g/mol. The van der Waals surface area contributed by atoms with Gasteiger partial charge in [0.1, 0.15) is 0 Å². The Labute approximate surface area is 128 Å². The molecule has 1 aromatic carbocycles. The Balaban J connectivity index is 1.71. The molecule has 2 N–H and O–H groups in total. The molecule has 1 heterocycles. The summed E-state index contributed by atoms with van der Waals surface area (Å²) in [5, 5.41) is 4.58. The number of ether oxygens (including phenoxy) is 1. The van der Waals surface area contributed by atoms with E-state index in [-0.39, 0.29) is 6.04 Å². The van der Waals surface area contributed by atoms with E-state index in [4.69, 9.17) is 26.6 Å². The minimum Gasteiger partial charge on any atom is -0.376 e. The molecule has 0 saturated heterocycles. The van der Waals surface area contributed by atoms with Gasteiger partial charge in [-0.15, -0.1) is 0 Å². The average Bonchev–Trinajstić information content (AvgIpc) is 2.89. The lowest BCUT2D eigenvalue weighted by atomic mass is 9.96. The molecule has 0 spiro atoms. The molecule has 1 aromatic heterocycles. The van der Waals surface area contributed by atoms with Crippen molar-refractivity contribution in [1.29, 1.82) is 0 Å². The highest BCUT2D eigenvalue weighted by Crippen LogP contribution is 2.26. The van der Waals surface area contributed by atoms with Crippen molar-refractivity contribution in [2.75, 3.05) is 6.61 Å². The average molecular weight is 308 g/mol. The van der Waals surface area contributed by atoms with Crippen LogP contribution < -0.4 is 5.73 Å². The van der Waals surface area contributed by atoms with Crippen LogP contribution >= 0.6 is 11.6 Å². The fraction of sp³-hybridized carbons (Fsp3) is 0.467. The Hall–Kier alpha value is -1.43. The standard InChI is InChI=1S/C15H18ClN3O2/c1-9-5-6-10(16)7-12(9)15-18-14(19-21-15)13(17)8-20-11-3-2-4-11/h5-7,11,13H,2-4,8,17H2,1H3. The third-order valence-corrected chi connectivity index (χ3v) is 4.00. The van der Waals surface area contributed by atoms with E-state index in [1.54, 1.807) is 0 Å². The third-order valence-electron chi connectivity index (χ3n) is 3.77. The lowest BCUT2D eigenvalue weighted by molar-refractivity contribution is -0.00549. The zero-order chi connectivity index (χ0) is 14.8. The fourth-order valence-corrected chi connectivity index (χ4v) is 2.34. The summed E-state index contributed by atoms with van der Waals surface area (Å²) in [7, 11) is 0. The Bertz CT molecular complexity index is 625. The second-order valence-electron chi connectivity index (χ2n) is 5.41. The fourth-order valence-electron chi connectivity index (χ4n) is 2.17. The number of hydrogen-bond donors (Lipinski definition) is 1. The van der Waals surface area contributed by atoms with Crippen LogP contribution in [0, 0.1) is 6.92 Å². The van der Waals surface area contributed by atoms with Crippen molar-refractivity contribution in [2.45, 2.75) is 38.3 Å².